The molecule has 3 aromatic rings. The molecule has 0 radical (unpaired) electrons. The number of aromatic nitrogens is 1. The van der Waals surface area contributed by atoms with Gasteiger partial charge in [-0.25, -0.2) is 8.42 Å². The second kappa shape index (κ2) is 6.94. The van der Waals surface area contributed by atoms with Crippen LogP contribution in [-0.2, 0) is 21.9 Å². The minimum Gasteiger partial charge on any atom is -0.454 e. The number of rotatable bonds is 3. The van der Waals surface area contributed by atoms with Gasteiger partial charge in [-0.2, -0.15) is 9.30 Å². The average Bonchev–Trinajstić information content (AvgIpc) is 3.48. The zero-order valence-electron chi connectivity index (χ0n) is 15.4. The summed E-state index contributed by atoms with van der Waals surface area (Å²) in [6.07, 6.45) is 1.11. The van der Waals surface area contributed by atoms with Crippen LogP contribution in [0.3, 0.4) is 0 Å². The fourth-order valence-corrected chi connectivity index (χ4v) is 7.40. The normalized spacial score (nSPS) is 20.0. The van der Waals surface area contributed by atoms with E-state index in [4.69, 9.17) is 9.47 Å². The molecule has 1 atom stereocenters. The summed E-state index contributed by atoms with van der Waals surface area (Å²) in [6.45, 7) is 0.522. The Bertz CT molecular complexity index is 1270. The number of nitrogens with zero attached hydrogens (tertiary/aromatic N) is 3. The van der Waals surface area contributed by atoms with E-state index in [1.54, 1.807) is 17.5 Å². The summed E-state index contributed by atoms with van der Waals surface area (Å²) < 4.78 is 40.9. The molecule has 0 saturated carbocycles. The van der Waals surface area contributed by atoms with Crippen molar-refractivity contribution in [3.05, 3.63) is 34.4 Å². The second-order valence-corrected chi connectivity index (χ2v) is 10.8. The molecule has 4 heterocycles. The minimum atomic E-state index is -3.69. The predicted molar refractivity (Wildman–Crippen MR) is 109 cm³/mol. The number of amides is 1. The average molecular weight is 452 g/mol. The van der Waals surface area contributed by atoms with Crippen LogP contribution in [0, 0.1) is 0 Å². The Labute approximate surface area is 174 Å². The molecule has 2 aliphatic rings. The number of fused-ring (bicyclic) bond motifs is 2. The maximum absolute atomic E-state index is 12.9. The van der Waals surface area contributed by atoms with Gasteiger partial charge in [0, 0.05) is 25.7 Å². The number of sulfonamides is 1. The van der Waals surface area contributed by atoms with Crippen LogP contribution in [0.4, 0.5) is 0 Å². The summed E-state index contributed by atoms with van der Waals surface area (Å²) >= 11 is 2.51. The molecular formula is C18H17N3O5S3. The third-order valence-corrected chi connectivity index (χ3v) is 9.43. The highest BCUT2D eigenvalue weighted by atomic mass is 32.2. The van der Waals surface area contributed by atoms with E-state index in [1.165, 1.54) is 15.6 Å². The highest BCUT2D eigenvalue weighted by Crippen LogP contribution is 2.36. The summed E-state index contributed by atoms with van der Waals surface area (Å²) in [7, 11) is -1.87. The van der Waals surface area contributed by atoms with Crippen LogP contribution in [0.15, 0.2) is 38.8 Å². The van der Waals surface area contributed by atoms with Crippen molar-refractivity contribution in [2.45, 2.75) is 23.1 Å². The van der Waals surface area contributed by atoms with Gasteiger partial charge in [0.2, 0.25) is 6.79 Å². The monoisotopic (exact) mass is 451 g/mol. The van der Waals surface area contributed by atoms with Gasteiger partial charge in [-0.05, 0) is 24.3 Å². The largest absolute Gasteiger partial charge is 0.454 e. The molecule has 1 fully saturated rings. The molecule has 0 bridgehead atoms. The van der Waals surface area contributed by atoms with E-state index in [1.807, 2.05) is 23.7 Å². The smallest absolute Gasteiger partial charge is 0.266 e. The summed E-state index contributed by atoms with van der Waals surface area (Å²) in [5, 5.41) is 1.71. The Morgan fingerprint density at radius 2 is 2.07 bits per heavy atom. The van der Waals surface area contributed by atoms with Gasteiger partial charge in [0.25, 0.3) is 15.9 Å². The Kier molecular flexibility index (Phi) is 4.50. The fourth-order valence-electron chi connectivity index (χ4n) is 3.59. The molecule has 2 aromatic heterocycles. The molecular weight excluding hydrogens is 434 g/mol. The first kappa shape index (κ1) is 18.8. The number of ether oxygens (including phenoxy) is 2. The molecule has 29 heavy (non-hydrogen) atoms. The third kappa shape index (κ3) is 3.08. The summed E-state index contributed by atoms with van der Waals surface area (Å²) in [6, 6.07) is 6.21. The van der Waals surface area contributed by atoms with Crippen molar-refractivity contribution in [1.29, 1.82) is 0 Å². The minimum absolute atomic E-state index is 0.197. The van der Waals surface area contributed by atoms with Crippen molar-refractivity contribution in [2.24, 2.45) is 12.0 Å². The van der Waals surface area contributed by atoms with E-state index in [9.17, 15) is 13.2 Å². The number of thiophene rings is 1. The number of carbonyl (C=O) groups is 1. The quantitative estimate of drug-likeness (QED) is 0.610. The molecule has 1 unspecified atom stereocenters. The number of hydrogen-bond acceptors (Lipinski definition) is 7. The van der Waals surface area contributed by atoms with Crippen LogP contribution in [0.1, 0.15) is 12.8 Å². The summed E-state index contributed by atoms with van der Waals surface area (Å²) in [5.41, 5.74) is 0.875. The summed E-state index contributed by atoms with van der Waals surface area (Å²) in [4.78, 5) is 17.7. The van der Waals surface area contributed by atoms with Crippen molar-refractivity contribution in [3.8, 4) is 11.5 Å². The maximum Gasteiger partial charge on any atom is 0.266 e. The maximum atomic E-state index is 12.9. The first-order chi connectivity index (χ1) is 13.9. The Hall–Kier alpha value is -2.21. The zero-order chi connectivity index (χ0) is 20.2. The van der Waals surface area contributed by atoms with Crippen LogP contribution in [0.2, 0.25) is 0 Å². The highest BCUT2D eigenvalue weighted by Gasteiger charge is 2.39. The molecule has 11 heteroatoms. The number of aryl methyl sites for hydroxylation is 1. The van der Waals surface area contributed by atoms with Crippen molar-refractivity contribution in [3.63, 3.8) is 0 Å². The molecule has 8 nitrogen and oxygen atoms in total. The Morgan fingerprint density at radius 1 is 1.28 bits per heavy atom. The molecule has 152 valence electrons. The Balaban J connectivity index is 1.51. The number of thiazole rings is 1. The van der Waals surface area contributed by atoms with E-state index >= 15 is 0 Å². The van der Waals surface area contributed by atoms with Crippen LogP contribution in [0.5, 0.6) is 11.5 Å². The van der Waals surface area contributed by atoms with E-state index in [0.29, 0.717) is 35.7 Å². The number of hydrogen-bond donors (Lipinski definition) is 0. The SMILES string of the molecule is Cn1c(=NC(=O)C2CCCN2S(=O)(=O)c2cccs2)sc2cc3c(cc21)OCO3. The summed E-state index contributed by atoms with van der Waals surface area (Å²) in [5.74, 6) is 0.888. The van der Waals surface area contributed by atoms with Crippen molar-refractivity contribution < 1.29 is 22.7 Å². The predicted octanol–water partition coefficient (Wildman–Crippen LogP) is 2.31. The number of carbonyl (C=O) groups excluding carboxylic acids is 1. The molecule has 1 saturated heterocycles. The van der Waals surface area contributed by atoms with Crippen molar-refractivity contribution in [1.82, 2.24) is 8.87 Å². The molecule has 0 aliphatic carbocycles. The van der Waals surface area contributed by atoms with E-state index in [2.05, 4.69) is 4.99 Å². The molecule has 1 aromatic carbocycles. The zero-order valence-corrected chi connectivity index (χ0v) is 17.8. The van der Waals surface area contributed by atoms with Gasteiger partial charge in [-0.1, -0.05) is 17.4 Å². The van der Waals surface area contributed by atoms with Crippen LogP contribution < -0.4 is 14.3 Å². The molecule has 0 spiro atoms. The van der Waals surface area contributed by atoms with Crippen molar-refractivity contribution >= 4 is 48.8 Å². The molecule has 2 aliphatic heterocycles. The van der Waals surface area contributed by atoms with Gasteiger partial charge in [0.15, 0.2) is 16.3 Å². The van der Waals surface area contributed by atoms with E-state index in [-0.39, 0.29) is 11.0 Å². The van der Waals surface area contributed by atoms with Gasteiger partial charge >= 0.3 is 0 Å². The van der Waals surface area contributed by atoms with Gasteiger partial charge in [-0.15, -0.1) is 11.3 Å². The lowest BCUT2D eigenvalue weighted by Crippen LogP contribution is -2.40. The lowest BCUT2D eigenvalue weighted by Gasteiger charge is -2.20. The van der Waals surface area contributed by atoms with Gasteiger partial charge in [-0.3, -0.25) is 4.79 Å². The lowest BCUT2D eigenvalue weighted by molar-refractivity contribution is -0.121. The fraction of sp³-hybridized carbons (Fsp3) is 0.333. The first-order valence-electron chi connectivity index (χ1n) is 8.98. The molecule has 1 amide bonds. The standard InChI is InChI=1S/C18H17N3O5S3/c1-20-12-8-13-14(26-10-25-13)9-15(12)28-18(20)19-17(22)11-4-2-6-21(11)29(23,24)16-5-3-7-27-16/h3,5,7-9,11H,2,4,6,10H2,1H3. The van der Waals surface area contributed by atoms with Gasteiger partial charge in [0.1, 0.15) is 10.3 Å². The van der Waals surface area contributed by atoms with Crippen LogP contribution in [-0.4, -0.2) is 42.6 Å². The first-order valence-corrected chi connectivity index (χ1v) is 12.1. The van der Waals surface area contributed by atoms with E-state index < -0.39 is 22.0 Å². The third-order valence-electron chi connectivity index (χ3n) is 5.06. The molecule has 5 rings (SSSR count). The number of benzene rings is 1. The van der Waals surface area contributed by atoms with Gasteiger partial charge < -0.3 is 14.0 Å². The van der Waals surface area contributed by atoms with Crippen LogP contribution in [0.25, 0.3) is 10.2 Å². The highest BCUT2D eigenvalue weighted by molar-refractivity contribution is 7.91. The van der Waals surface area contributed by atoms with Crippen molar-refractivity contribution in [2.75, 3.05) is 13.3 Å². The van der Waals surface area contributed by atoms with Crippen LogP contribution >= 0.6 is 22.7 Å². The lowest BCUT2D eigenvalue weighted by atomic mass is 10.2. The van der Waals surface area contributed by atoms with Gasteiger partial charge in [0.05, 0.1) is 10.2 Å². The second-order valence-electron chi connectivity index (χ2n) is 6.77. The van der Waals surface area contributed by atoms with E-state index in [0.717, 1.165) is 21.6 Å². The topological polar surface area (TPSA) is 90.2 Å². The molecule has 0 N–H and O–H groups in total. The Morgan fingerprint density at radius 3 is 2.83 bits per heavy atom.